The van der Waals surface area contributed by atoms with Crippen LogP contribution in [0.3, 0.4) is 0 Å². The molecule has 2 aliphatic heterocycles. The van der Waals surface area contributed by atoms with E-state index >= 15 is 0 Å². The smallest absolute Gasteiger partial charge is 0.407 e. The third kappa shape index (κ3) is 5.41. The number of alkyl carbamates (subject to hydrolysis) is 1. The van der Waals surface area contributed by atoms with Crippen LogP contribution in [0.5, 0.6) is 0 Å². The average molecular weight is 546 g/mol. The minimum Gasteiger partial charge on any atom is -0.444 e. The average Bonchev–Trinajstić information content (AvgIpc) is 3.34. The first-order chi connectivity index (χ1) is 17.7. The van der Waals surface area contributed by atoms with E-state index in [0.29, 0.717) is 10.7 Å². The van der Waals surface area contributed by atoms with E-state index in [1.165, 1.54) is 11.8 Å². The normalized spacial score (nSPS) is 19.8. The van der Waals surface area contributed by atoms with Crippen LogP contribution in [0.1, 0.15) is 40.0 Å². The Balaban J connectivity index is 1.32. The molecule has 0 bridgehead atoms. The Morgan fingerprint density at radius 3 is 2.81 bits per heavy atom. The van der Waals surface area contributed by atoms with E-state index in [0.717, 1.165) is 61.2 Å². The number of aromatic nitrogens is 5. The highest BCUT2D eigenvalue weighted by Crippen LogP contribution is 2.42. The summed E-state index contributed by atoms with van der Waals surface area (Å²) >= 11 is 7.78. The lowest BCUT2D eigenvalue weighted by Gasteiger charge is -2.49. The maximum absolute atomic E-state index is 12.5. The molecule has 1 amide bonds. The minimum atomic E-state index is -0.529. The van der Waals surface area contributed by atoms with Crippen molar-refractivity contribution in [3.8, 4) is 0 Å². The Bertz CT molecular complexity index is 1290. The van der Waals surface area contributed by atoms with Crippen molar-refractivity contribution in [3.63, 3.8) is 0 Å². The van der Waals surface area contributed by atoms with Crippen molar-refractivity contribution in [2.45, 2.75) is 61.5 Å². The summed E-state index contributed by atoms with van der Waals surface area (Å²) in [6.07, 6.45) is 7.63. The Labute approximate surface area is 224 Å². The molecule has 0 aromatic carbocycles. The van der Waals surface area contributed by atoms with E-state index in [-0.39, 0.29) is 23.4 Å². The highest BCUT2D eigenvalue weighted by molar-refractivity contribution is 7.99. The fourth-order valence-electron chi connectivity index (χ4n) is 5.11. The summed E-state index contributed by atoms with van der Waals surface area (Å²) in [5.41, 5.74) is 6.05. The second-order valence-corrected chi connectivity index (χ2v) is 12.0. The molecule has 3 aromatic rings. The molecule has 5 heterocycles. The number of nitrogens with one attached hydrogen (secondary N) is 2. The van der Waals surface area contributed by atoms with Crippen LogP contribution in [-0.4, -0.2) is 68.5 Å². The quantitative estimate of drug-likeness (QED) is 0.447. The van der Waals surface area contributed by atoms with Gasteiger partial charge in [-0.1, -0.05) is 23.4 Å². The van der Waals surface area contributed by atoms with Gasteiger partial charge in [-0.05, 0) is 58.1 Å². The first-order valence-corrected chi connectivity index (χ1v) is 13.6. The van der Waals surface area contributed by atoms with Gasteiger partial charge in [0, 0.05) is 36.9 Å². The van der Waals surface area contributed by atoms with Crippen LogP contribution in [0.15, 0.2) is 34.6 Å². The molecular formula is C24H32ClN9O2S. The number of nitrogens with zero attached hydrogens (tertiary/aromatic N) is 6. The molecule has 1 atom stereocenters. The van der Waals surface area contributed by atoms with Gasteiger partial charge in [-0.25, -0.2) is 19.2 Å². The number of amides is 1. The lowest BCUT2D eigenvalue weighted by atomic mass is 9.68. The molecule has 3 aromatic heterocycles. The first kappa shape index (κ1) is 25.8. The number of halogens is 1. The lowest BCUT2D eigenvalue weighted by Crippen LogP contribution is -2.61. The van der Waals surface area contributed by atoms with Gasteiger partial charge >= 0.3 is 6.09 Å². The third-order valence-electron chi connectivity index (χ3n) is 7.00. The van der Waals surface area contributed by atoms with E-state index in [1.807, 2.05) is 31.2 Å². The van der Waals surface area contributed by atoms with Gasteiger partial charge in [-0.15, -0.1) is 10.2 Å². The van der Waals surface area contributed by atoms with Crippen LogP contribution in [0.4, 0.5) is 16.6 Å². The summed E-state index contributed by atoms with van der Waals surface area (Å²) < 4.78 is 7.45. The minimum absolute atomic E-state index is 0.0115. The number of ether oxygens (including phenoxy) is 1. The second kappa shape index (κ2) is 10.1. The molecule has 0 aliphatic carbocycles. The molecule has 0 saturated carbocycles. The lowest BCUT2D eigenvalue weighted by molar-refractivity contribution is 0.0358. The molecule has 0 radical (unpaired) electrons. The Morgan fingerprint density at radius 1 is 1.27 bits per heavy atom. The summed E-state index contributed by atoms with van der Waals surface area (Å²) in [5.74, 6) is 1.08. The van der Waals surface area contributed by atoms with Crippen molar-refractivity contribution < 1.29 is 9.53 Å². The van der Waals surface area contributed by atoms with Crippen molar-refractivity contribution in [1.82, 2.24) is 35.2 Å². The molecule has 37 heavy (non-hydrogen) atoms. The molecule has 2 fully saturated rings. The van der Waals surface area contributed by atoms with Gasteiger partial charge in [0.05, 0.1) is 16.0 Å². The molecule has 2 aliphatic rings. The van der Waals surface area contributed by atoms with Crippen LogP contribution < -0.4 is 21.3 Å². The van der Waals surface area contributed by atoms with Crippen LogP contribution in [0, 0.1) is 5.41 Å². The fourth-order valence-corrected chi connectivity index (χ4v) is 6.23. The van der Waals surface area contributed by atoms with Gasteiger partial charge in [0.2, 0.25) is 5.95 Å². The maximum Gasteiger partial charge on any atom is 0.407 e. The fraction of sp³-hybridized carbons (Fsp3) is 0.542. The Hall–Kier alpha value is -2.83. The van der Waals surface area contributed by atoms with Gasteiger partial charge < -0.3 is 26.0 Å². The number of hydrogen-bond acceptors (Lipinski definition) is 10. The Morgan fingerprint density at radius 2 is 2.05 bits per heavy atom. The van der Waals surface area contributed by atoms with E-state index in [1.54, 1.807) is 18.7 Å². The van der Waals surface area contributed by atoms with E-state index in [4.69, 9.17) is 27.1 Å². The van der Waals surface area contributed by atoms with Gasteiger partial charge in [-0.3, -0.25) is 0 Å². The monoisotopic (exact) mass is 545 g/mol. The largest absolute Gasteiger partial charge is 0.444 e. The van der Waals surface area contributed by atoms with Crippen molar-refractivity contribution in [2.24, 2.45) is 5.41 Å². The van der Waals surface area contributed by atoms with Crippen molar-refractivity contribution in [1.29, 1.82) is 0 Å². The molecule has 11 nitrogen and oxygen atoms in total. The van der Waals surface area contributed by atoms with E-state index in [9.17, 15) is 4.79 Å². The predicted octanol–water partition coefficient (Wildman–Crippen LogP) is 3.38. The number of carbonyl (C=O) groups is 1. The number of hydrogen-bond donors (Lipinski definition) is 3. The standard InChI is InChI=1S/C24H32ClN9O2S/c1-23(2,3)36-22(35)31-17-13-27-9-5-24(17)6-10-33(11-7-24)21-29-12-16(20-32-30-14-34(20)21)37-15-4-8-28-19(26)18(15)25/h4,8,12,14,17,27H,5-7,9-11,13H2,1-3H3,(H2,26,28)(H,31,35). The number of fused-ring (bicyclic) bond motifs is 1. The van der Waals surface area contributed by atoms with Crippen LogP contribution in [0.25, 0.3) is 5.65 Å². The number of nitrogen functional groups attached to an aromatic ring is 1. The van der Waals surface area contributed by atoms with E-state index in [2.05, 4.69) is 30.7 Å². The Kier molecular flexibility index (Phi) is 7.08. The molecule has 13 heteroatoms. The molecule has 198 valence electrons. The van der Waals surface area contributed by atoms with Gasteiger partial charge in [0.25, 0.3) is 0 Å². The SMILES string of the molecule is CC(C)(C)OC(=O)NC1CNCCC12CCN(c1ncc(Sc3ccnc(N)c3Cl)c3nncn13)CC2. The third-order valence-corrected chi connectivity index (χ3v) is 8.58. The maximum atomic E-state index is 12.5. The zero-order chi connectivity index (χ0) is 26.2. The number of carbonyl (C=O) groups excluding carboxylic acids is 1. The summed E-state index contributed by atoms with van der Waals surface area (Å²) in [6, 6.07) is 1.83. The number of pyridine rings is 1. The van der Waals surface area contributed by atoms with Crippen LogP contribution in [-0.2, 0) is 4.74 Å². The predicted molar refractivity (Wildman–Crippen MR) is 143 cm³/mol. The van der Waals surface area contributed by atoms with Crippen LogP contribution >= 0.6 is 23.4 Å². The summed E-state index contributed by atoms with van der Waals surface area (Å²) in [5, 5.41) is 15.5. The molecule has 2 saturated heterocycles. The van der Waals surface area contributed by atoms with Gasteiger partial charge in [0.1, 0.15) is 17.7 Å². The van der Waals surface area contributed by atoms with Crippen molar-refractivity contribution in [3.05, 3.63) is 29.8 Å². The molecule has 5 rings (SSSR count). The van der Waals surface area contributed by atoms with Crippen molar-refractivity contribution >= 4 is 46.9 Å². The highest BCUT2D eigenvalue weighted by Gasteiger charge is 2.44. The molecule has 1 spiro atoms. The zero-order valence-electron chi connectivity index (χ0n) is 21.2. The van der Waals surface area contributed by atoms with Crippen molar-refractivity contribution in [2.75, 3.05) is 36.8 Å². The number of piperidine rings is 2. The number of nitrogens with two attached hydrogens (primary N) is 1. The topological polar surface area (TPSA) is 136 Å². The molecule has 1 unspecified atom stereocenters. The number of anilines is 2. The molecular weight excluding hydrogens is 514 g/mol. The van der Waals surface area contributed by atoms with Gasteiger partial charge in [-0.2, -0.15) is 0 Å². The van der Waals surface area contributed by atoms with E-state index < -0.39 is 5.60 Å². The first-order valence-electron chi connectivity index (χ1n) is 12.4. The van der Waals surface area contributed by atoms with Gasteiger partial charge in [0.15, 0.2) is 5.65 Å². The summed E-state index contributed by atoms with van der Waals surface area (Å²) in [4.78, 5) is 25.2. The summed E-state index contributed by atoms with van der Waals surface area (Å²) in [6.45, 7) is 8.93. The highest BCUT2D eigenvalue weighted by atomic mass is 35.5. The second-order valence-electron chi connectivity index (χ2n) is 10.6. The summed E-state index contributed by atoms with van der Waals surface area (Å²) in [7, 11) is 0. The number of rotatable bonds is 4. The van der Waals surface area contributed by atoms with Crippen LogP contribution in [0.2, 0.25) is 5.02 Å². The molecule has 4 N–H and O–H groups in total. The zero-order valence-corrected chi connectivity index (χ0v) is 22.8.